The molecular formula is C30H35N3O5S. The zero-order valence-corrected chi connectivity index (χ0v) is 23.1. The van der Waals surface area contributed by atoms with Crippen LogP contribution in [0.3, 0.4) is 0 Å². The molecule has 1 saturated carbocycles. The first kappa shape index (κ1) is 28.3. The minimum Gasteiger partial charge on any atom is -0.497 e. The summed E-state index contributed by atoms with van der Waals surface area (Å²) in [6, 6.07) is 22.5. The second kappa shape index (κ2) is 12.9. The highest BCUT2D eigenvalue weighted by Gasteiger charge is 2.31. The Hall–Kier alpha value is -3.69. The lowest BCUT2D eigenvalue weighted by molar-refractivity contribution is -0.141. The zero-order chi connectivity index (χ0) is 27.8. The van der Waals surface area contributed by atoms with Gasteiger partial charge in [-0.05, 0) is 67.1 Å². The van der Waals surface area contributed by atoms with Gasteiger partial charge in [0.1, 0.15) is 11.8 Å². The number of hydrogen-bond donors (Lipinski definition) is 2. The molecule has 1 atom stereocenters. The molecule has 0 aliphatic heterocycles. The van der Waals surface area contributed by atoms with E-state index >= 15 is 0 Å². The van der Waals surface area contributed by atoms with E-state index in [-0.39, 0.29) is 35.7 Å². The summed E-state index contributed by atoms with van der Waals surface area (Å²) in [7, 11) is -1.94. The molecule has 0 heterocycles. The third kappa shape index (κ3) is 7.68. The van der Waals surface area contributed by atoms with Crippen molar-refractivity contribution in [2.75, 3.05) is 13.7 Å². The average molecular weight is 550 g/mol. The molecule has 0 bridgehead atoms. The molecular weight excluding hydrogens is 514 g/mol. The van der Waals surface area contributed by atoms with Gasteiger partial charge in [-0.25, -0.2) is 13.1 Å². The second-order valence-electron chi connectivity index (χ2n) is 9.62. The van der Waals surface area contributed by atoms with Crippen molar-refractivity contribution >= 4 is 21.8 Å². The van der Waals surface area contributed by atoms with E-state index in [0.29, 0.717) is 18.7 Å². The van der Waals surface area contributed by atoms with E-state index in [4.69, 9.17) is 4.74 Å². The molecule has 0 radical (unpaired) electrons. The number of carbonyl (C=O) groups is 2. The van der Waals surface area contributed by atoms with Crippen LogP contribution in [0, 0.1) is 0 Å². The first-order valence-corrected chi connectivity index (χ1v) is 14.7. The summed E-state index contributed by atoms with van der Waals surface area (Å²) in [5.74, 6) is 0.277. The van der Waals surface area contributed by atoms with Gasteiger partial charge in [0.05, 0.1) is 12.0 Å². The molecule has 0 unspecified atom stereocenters. The second-order valence-corrected chi connectivity index (χ2v) is 11.3. The van der Waals surface area contributed by atoms with E-state index < -0.39 is 16.1 Å². The number of benzene rings is 3. The van der Waals surface area contributed by atoms with Crippen molar-refractivity contribution in [2.24, 2.45) is 0 Å². The van der Waals surface area contributed by atoms with Gasteiger partial charge < -0.3 is 15.0 Å². The molecule has 0 spiro atoms. The topological polar surface area (TPSA) is 105 Å². The van der Waals surface area contributed by atoms with E-state index in [1.54, 1.807) is 36.3 Å². The van der Waals surface area contributed by atoms with Crippen molar-refractivity contribution in [3.63, 3.8) is 0 Å². The lowest BCUT2D eigenvalue weighted by atomic mass is 10.0. The van der Waals surface area contributed by atoms with Crippen LogP contribution >= 0.6 is 0 Å². The first-order chi connectivity index (χ1) is 18.8. The number of ether oxygens (including phenoxy) is 1. The van der Waals surface area contributed by atoms with E-state index in [1.807, 2.05) is 61.5 Å². The van der Waals surface area contributed by atoms with Crippen molar-refractivity contribution in [1.29, 1.82) is 0 Å². The minimum absolute atomic E-state index is 0.0338. The molecule has 3 aromatic carbocycles. The maximum absolute atomic E-state index is 13.7. The molecule has 0 saturated heterocycles. The van der Waals surface area contributed by atoms with Crippen LogP contribution in [0.5, 0.6) is 5.75 Å². The molecule has 206 valence electrons. The summed E-state index contributed by atoms with van der Waals surface area (Å²) in [4.78, 5) is 28.8. The molecule has 4 rings (SSSR count). The van der Waals surface area contributed by atoms with Crippen LogP contribution < -0.4 is 14.8 Å². The van der Waals surface area contributed by atoms with Gasteiger partial charge in [0.15, 0.2) is 0 Å². The van der Waals surface area contributed by atoms with E-state index in [9.17, 15) is 18.0 Å². The molecule has 2 amide bonds. The zero-order valence-electron chi connectivity index (χ0n) is 22.3. The number of hydrogen-bond acceptors (Lipinski definition) is 5. The monoisotopic (exact) mass is 549 g/mol. The predicted molar refractivity (Wildman–Crippen MR) is 150 cm³/mol. The van der Waals surface area contributed by atoms with Gasteiger partial charge in [-0.15, -0.1) is 0 Å². The molecule has 1 fully saturated rings. The van der Waals surface area contributed by atoms with Gasteiger partial charge >= 0.3 is 0 Å². The molecule has 9 heteroatoms. The maximum atomic E-state index is 13.7. The highest BCUT2D eigenvalue weighted by molar-refractivity contribution is 7.89. The van der Waals surface area contributed by atoms with E-state index in [1.165, 1.54) is 0 Å². The van der Waals surface area contributed by atoms with Crippen molar-refractivity contribution < 1.29 is 22.7 Å². The van der Waals surface area contributed by atoms with Crippen LogP contribution in [0.1, 0.15) is 48.9 Å². The number of sulfonamides is 1. The number of amides is 2. The standard InChI is InChI=1S/C30H35N3O5S/c1-3-31-30(35)29(24-7-5-4-6-8-24)33(21-23-9-16-26(38-2)17-10-23)28(34)20-13-22-11-18-27(19-12-22)39(36,37)32-25-14-15-25/h4-12,16-19,25,29,32H,3,13-15,20-21H2,1-2H3,(H,31,35)/t29-/m0/s1. The largest absolute Gasteiger partial charge is 0.497 e. The summed E-state index contributed by atoms with van der Waals surface area (Å²) in [6.07, 6.45) is 2.30. The van der Waals surface area contributed by atoms with Crippen molar-refractivity contribution in [3.8, 4) is 5.75 Å². The number of methoxy groups -OCH3 is 1. The molecule has 3 aromatic rings. The van der Waals surface area contributed by atoms with Crippen LogP contribution in [-0.4, -0.2) is 44.8 Å². The highest BCUT2D eigenvalue weighted by atomic mass is 32.2. The third-order valence-electron chi connectivity index (χ3n) is 6.62. The Labute approximate surface area is 230 Å². The Morgan fingerprint density at radius 2 is 1.59 bits per heavy atom. The summed E-state index contributed by atoms with van der Waals surface area (Å²) in [5, 5.41) is 2.88. The van der Waals surface area contributed by atoms with Gasteiger partial charge in [0.25, 0.3) is 0 Å². The SMILES string of the molecule is CCNC(=O)[C@H](c1ccccc1)N(Cc1ccc(OC)cc1)C(=O)CCc1ccc(S(=O)(=O)NC2CC2)cc1. The third-order valence-corrected chi connectivity index (χ3v) is 8.16. The van der Waals surface area contributed by atoms with Crippen LogP contribution in [-0.2, 0) is 32.6 Å². The van der Waals surface area contributed by atoms with Crippen molar-refractivity contribution in [1.82, 2.24) is 14.9 Å². The van der Waals surface area contributed by atoms with Gasteiger partial charge in [0.2, 0.25) is 21.8 Å². The Kier molecular flexibility index (Phi) is 9.37. The molecule has 0 aromatic heterocycles. The normalized spacial score (nSPS) is 13.9. The summed E-state index contributed by atoms with van der Waals surface area (Å²) >= 11 is 0. The van der Waals surface area contributed by atoms with Gasteiger partial charge in [-0.2, -0.15) is 0 Å². The van der Waals surface area contributed by atoms with E-state index in [2.05, 4.69) is 10.0 Å². The highest BCUT2D eigenvalue weighted by Crippen LogP contribution is 2.26. The number of carbonyl (C=O) groups excluding carboxylic acids is 2. The number of aryl methyl sites for hydroxylation is 1. The summed E-state index contributed by atoms with van der Waals surface area (Å²) in [6.45, 7) is 2.53. The Balaban J connectivity index is 1.55. The molecule has 2 N–H and O–H groups in total. The Bertz CT molecular complexity index is 1360. The van der Waals surface area contributed by atoms with Gasteiger partial charge in [-0.1, -0.05) is 54.6 Å². The fraction of sp³-hybridized carbons (Fsp3) is 0.333. The number of nitrogens with zero attached hydrogens (tertiary/aromatic N) is 1. The first-order valence-electron chi connectivity index (χ1n) is 13.2. The van der Waals surface area contributed by atoms with Crippen LogP contribution in [0.25, 0.3) is 0 Å². The van der Waals surface area contributed by atoms with Gasteiger partial charge in [-0.3, -0.25) is 9.59 Å². The maximum Gasteiger partial charge on any atom is 0.247 e. The lowest BCUT2D eigenvalue weighted by Crippen LogP contribution is -2.43. The predicted octanol–water partition coefficient (Wildman–Crippen LogP) is 3.97. The Morgan fingerprint density at radius 1 is 0.949 bits per heavy atom. The molecule has 1 aliphatic rings. The van der Waals surface area contributed by atoms with Crippen LogP contribution in [0.15, 0.2) is 83.8 Å². The van der Waals surface area contributed by atoms with E-state index in [0.717, 1.165) is 29.5 Å². The number of likely N-dealkylation sites (N-methyl/N-ethyl adjacent to an activating group) is 1. The number of rotatable bonds is 13. The minimum atomic E-state index is -3.53. The molecule has 8 nitrogen and oxygen atoms in total. The molecule has 39 heavy (non-hydrogen) atoms. The Morgan fingerprint density at radius 3 is 2.18 bits per heavy atom. The quantitative estimate of drug-likeness (QED) is 0.336. The lowest BCUT2D eigenvalue weighted by Gasteiger charge is -2.31. The fourth-order valence-corrected chi connectivity index (χ4v) is 5.65. The smallest absolute Gasteiger partial charge is 0.247 e. The summed E-state index contributed by atoms with van der Waals surface area (Å²) in [5.41, 5.74) is 2.43. The fourth-order valence-electron chi connectivity index (χ4n) is 4.35. The van der Waals surface area contributed by atoms with Crippen LogP contribution in [0.4, 0.5) is 0 Å². The van der Waals surface area contributed by atoms with Crippen molar-refractivity contribution in [3.05, 3.63) is 95.6 Å². The summed E-state index contributed by atoms with van der Waals surface area (Å²) < 4.78 is 32.9. The molecule has 1 aliphatic carbocycles. The average Bonchev–Trinajstić information content (AvgIpc) is 3.76. The van der Waals surface area contributed by atoms with Crippen LogP contribution in [0.2, 0.25) is 0 Å². The van der Waals surface area contributed by atoms with Crippen molar-refractivity contribution in [2.45, 2.75) is 56.1 Å². The number of nitrogens with one attached hydrogen (secondary N) is 2. The van der Waals surface area contributed by atoms with Gasteiger partial charge in [0, 0.05) is 25.6 Å².